The predicted molar refractivity (Wildman–Crippen MR) is 90.2 cm³/mol. The highest BCUT2D eigenvalue weighted by molar-refractivity contribution is 6.31. The molecule has 0 N–H and O–H groups in total. The standard InChI is InChI=1S/C19H16ClN/c20-19-14-8-7-9-16(19)15-21(17-10-3-1-4-11-17)18-12-5-2-6-13-18/h1-14H,15H2. The maximum Gasteiger partial charge on any atom is 0.0496 e. The predicted octanol–water partition coefficient (Wildman–Crippen LogP) is 5.68. The first-order valence-corrected chi connectivity index (χ1v) is 7.33. The first-order valence-electron chi connectivity index (χ1n) is 6.95. The van der Waals surface area contributed by atoms with E-state index in [9.17, 15) is 0 Å². The molecular formula is C19H16ClN. The summed E-state index contributed by atoms with van der Waals surface area (Å²) in [4.78, 5) is 2.27. The van der Waals surface area contributed by atoms with Crippen LogP contribution in [0.4, 0.5) is 11.4 Å². The molecule has 0 radical (unpaired) electrons. The van der Waals surface area contributed by atoms with Crippen LogP contribution in [-0.2, 0) is 6.54 Å². The van der Waals surface area contributed by atoms with Crippen molar-refractivity contribution in [1.29, 1.82) is 0 Å². The third kappa shape index (κ3) is 3.26. The zero-order chi connectivity index (χ0) is 14.5. The molecule has 0 spiro atoms. The molecule has 2 heteroatoms. The molecule has 0 saturated carbocycles. The molecule has 21 heavy (non-hydrogen) atoms. The number of halogens is 1. The molecule has 0 amide bonds. The van der Waals surface area contributed by atoms with Gasteiger partial charge < -0.3 is 4.90 Å². The van der Waals surface area contributed by atoms with Crippen molar-refractivity contribution in [3.05, 3.63) is 95.5 Å². The van der Waals surface area contributed by atoms with Gasteiger partial charge in [-0.3, -0.25) is 0 Å². The van der Waals surface area contributed by atoms with Crippen molar-refractivity contribution >= 4 is 23.0 Å². The van der Waals surface area contributed by atoms with Crippen LogP contribution in [0.15, 0.2) is 84.9 Å². The Hall–Kier alpha value is -2.25. The molecule has 0 fully saturated rings. The lowest BCUT2D eigenvalue weighted by atomic mass is 10.1. The minimum absolute atomic E-state index is 0.744. The van der Waals surface area contributed by atoms with Gasteiger partial charge in [0.15, 0.2) is 0 Å². The molecule has 0 saturated heterocycles. The lowest BCUT2D eigenvalue weighted by Gasteiger charge is -2.25. The number of rotatable bonds is 4. The lowest BCUT2D eigenvalue weighted by molar-refractivity contribution is 0.976. The lowest BCUT2D eigenvalue weighted by Crippen LogP contribution is -2.16. The highest BCUT2D eigenvalue weighted by Crippen LogP contribution is 2.28. The number of benzene rings is 3. The second kappa shape index (κ2) is 6.47. The van der Waals surface area contributed by atoms with Crippen LogP contribution in [0.1, 0.15) is 5.56 Å². The Kier molecular flexibility index (Phi) is 4.23. The third-order valence-electron chi connectivity index (χ3n) is 3.42. The largest absolute Gasteiger partial charge is 0.337 e. The van der Waals surface area contributed by atoms with E-state index in [-0.39, 0.29) is 0 Å². The normalized spacial score (nSPS) is 10.3. The Morgan fingerprint density at radius 2 is 1.10 bits per heavy atom. The second-order valence-electron chi connectivity index (χ2n) is 4.85. The number of anilines is 2. The Morgan fingerprint density at radius 3 is 1.62 bits per heavy atom. The molecule has 0 aromatic heterocycles. The summed E-state index contributed by atoms with van der Waals surface area (Å²) >= 11 is 6.32. The zero-order valence-electron chi connectivity index (χ0n) is 11.6. The van der Waals surface area contributed by atoms with Crippen LogP contribution in [-0.4, -0.2) is 0 Å². The summed E-state index contributed by atoms with van der Waals surface area (Å²) in [5.41, 5.74) is 3.43. The first kappa shape index (κ1) is 13.7. The fraction of sp³-hybridized carbons (Fsp3) is 0.0526. The van der Waals surface area contributed by atoms with Crippen LogP contribution in [0.2, 0.25) is 5.02 Å². The zero-order valence-corrected chi connectivity index (χ0v) is 12.4. The van der Waals surface area contributed by atoms with Crippen LogP contribution in [0, 0.1) is 0 Å². The highest BCUT2D eigenvalue weighted by Gasteiger charge is 2.11. The Balaban J connectivity index is 1.99. The van der Waals surface area contributed by atoms with E-state index in [1.165, 1.54) is 0 Å². The minimum Gasteiger partial charge on any atom is -0.337 e. The number of para-hydroxylation sites is 2. The van der Waals surface area contributed by atoms with Gasteiger partial charge in [0.25, 0.3) is 0 Å². The van der Waals surface area contributed by atoms with E-state index in [0.29, 0.717) is 0 Å². The first-order chi connectivity index (χ1) is 10.3. The quantitative estimate of drug-likeness (QED) is 0.598. The molecule has 104 valence electrons. The number of hydrogen-bond donors (Lipinski definition) is 0. The van der Waals surface area contributed by atoms with Crippen LogP contribution < -0.4 is 4.90 Å². The molecule has 3 aromatic rings. The summed E-state index contributed by atoms with van der Waals surface area (Å²) in [7, 11) is 0. The SMILES string of the molecule is Clc1ccccc1CN(c1ccccc1)c1ccccc1. The molecule has 0 bridgehead atoms. The van der Waals surface area contributed by atoms with Gasteiger partial charge in [-0.1, -0.05) is 66.2 Å². The van der Waals surface area contributed by atoms with Crippen LogP contribution in [0.5, 0.6) is 0 Å². The summed E-state index contributed by atoms with van der Waals surface area (Å²) < 4.78 is 0. The van der Waals surface area contributed by atoms with Gasteiger partial charge in [-0.05, 0) is 35.9 Å². The maximum atomic E-state index is 6.32. The van der Waals surface area contributed by atoms with E-state index >= 15 is 0 Å². The van der Waals surface area contributed by atoms with Crippen molar-refractivity contribution < 1.29 is 0 Å². The molecule has 0 aliphatic rings. The van der Waals surface area contributed by atoms with E-state index in [1.54, 1.807) is 0 Å². The molecule has 3 rings (SSSR count). The van der Waals surface area contributed by atoms with Crippen molar-refractivity contribution in [3.63, 3.8) is 0 Å². The molecule has 0 heterocycles. The molecule has 0 atom stereocenters. The van der Waals surface area contributed by atoms with Gasteiger partial charge in [-0.25, -0.2) is 0 Å². The van der Waals surface area contributed by atoms with Gasteiger partial charge in [-0.2, -0.15) is 0 Å². The Morgan fingerprint density at radius 1 is 0.619 bits per heavy atom. The van der Waals surface area contributed by atoms with Gasteiger partial charge in [0.1, 0.15) is 0 Å². The van der Waals surface area contributed by atoms with E-state index in [2.05, 4.69) is 59.5 Å². The second-order valence-corrected chi connectivity index (χ2v) is 5.26. The van der Waals surface area contributed by atoms with E-state index in [0.717, 1.165) is 28.5 Å². The molecular weight excluding hydrogens is 278 g/mol. The van der Waals surface area contributed by atoms with Crippen molar-refractivity contribution in [2.24, 2.45) is 0 Å². The van der Waals surface area contributed by atoms with Gasteiger partial charge in [-0.15, -0.1) is 0 Å². The average molecular weight is 294 g/mol. The highest BCUT2D eigenvalue weighted by atomic mass is 35.5. The topological polar surface area (TPSA) is 3.24 Å². The average Bonchev–Trinajstić information content (AvgIpc) is 2.56. The summed E-state index contributed by atoms with van der Waals surface area (Å²) in [5.74, 6) is 0. The fourth-order valence-corrected chi connectivity index (χ4v) is 2.54. The summed E-state index contributed by atoms with van der Waals surface area (Å²) in [6.07, 6.45) is 0. The number of hydrogen-bond acceptors (Lipinski definition) is 1. The molecule has 1 nitrogen and oxygen atoms in total. The maximum absolute atomic E-state index is 6.32. The van der Waals surface area contributed by atoms with E-state index in [1.807, 2.05) is 30.3 Å². The van der Waals surface area contributed by atoms with Gasteiger partial charge in [0.05, 0.1) is 0 Å². The van der Waals surface area contributed by atoms with Crippen LogP contribution >= 0.6 is 11.6 Å². The molecule has 3 aromatic carbocycles. The van der Waals surface area contributed by atoms with Gasteiger partial charge in [0.2, 0.25) is 0 Å². The third-order valence-corrected chi connectivity index (χ3v) is 3.79. The minimum atomic E-state index is 0.744. The summed E-state index contributed by atoms with van der Waals surface area (Å²) in [5, 5.41) is 0.800. The van der Waals surface area contributed by atoms with E-state index in [4.69, 9.17) is 11.6 Å². The summed E-state index contributed by atoms with van der Waals surface area (Å²) in [6, 6.07) is 28.7. The van der Waals surface area contributed by atoms with Crippen LogP contribution in [0.3, 0.4) is 0 Å². The Labute approximate surface area is 130 Å². The number of nitrogens with zero attached hydrogens (tertiary/aromatic N) is 1. The molecule has 0 unspecified atom stereocenters. The van der Waals surface area contributed by atoms with Crippen molar-refractivity contribution in [2.75, 3.05) is 4.90 Å². The van der Waals surface area contributed by atoms with Crippen LogP contribution in [0.25, 0.3) is 0 Å². The van der Waals surface area contributed by atoms with Gasteiger partial charge in [0, 0.05) is 22.9 Å². The smallest absolute Gasteiger partial charge is 0.0496 e. The monoisotopic (exact) mass is 293 g/mol. The molecule has 0 aliphatic carbocycles. The van der Waals surface area contributed by atoms with Crippen molar-refractivity contribution in [1.82, 2.24) is 0 Å². The van der Waals surface area contributed by atoms with E-state index < -0.39 is 0 Å². The van der Waals surface area contributed by atoms with Crippen molar-refractivity contribution in [3.8, 4) is 0 Å². The molecule has 0 aliphatic heterocycles. The Bertz CT molecular complexity index is 656. The summed E-state index contributed by atoms with van der Waals surface area (Å²) in [6.45, 7) is 0.744. The van der Waals surface area contributed by atoms with Gasteiger partial charge >= 0.3 is 0 Å². The fourth-order valence-electron chi connectivity index (χ4n) is 2.34. The van der Waals surface area contributed by atoms with Crippen molar-refractivity contribution in [2.45, 2.75) is 6.54 Å².